The van der Waals surface area contributed by atoms with Crippen LogP contribution in [0.2, 0.25) is 10.3 Å². The van der Waals surface area contributed by atoms with E-state index in [1.807, 2.05) is 48.5 Å². The first-order valence-corrected chi connectivity index (χ1v) is 24.0. The van der Waals surface area contributed by atoms with Crippen molar-refractivity contribution >= 4 is 76.7 Å². The van der Waals surface area contributed by atoms with Gasteiger partial charge in [-0.2, -0.15) is 8.42 Å². The second-order valence-electron chi connectivity index (χ2n) is 15.4. The number of para-hydroxylation sites is 1. The van der Waals surface area contributed by atoms with Crippen LogP contribution in [0, 0.1) is 6.92 Å². The highest BCUT2D eigenvalue weighted by Crippen LogP contribution is 2.38. The van der Waals surface area contributed by atoms with Crippen molar-refractivity contribution in [3.8, 4) is 56.0 Å². The minimum Gasteiger partial charge on any atom is -0.362 e. The van der Waals surface area contributed by atoms with Gasteiger partial charge in [-0.25, -0.2) is 28.4 Å². The number of hydrogen-bond donors (Lipinski definition) is 4. The molecule has 7 aromatic heterocycles. The van der Waals surface area contributed by atoms with Gasteiger partial charge in [0.25, 0.3) is 20.0 Å². The minimum atomic E-state index is -4.39. The average Bonchev–Trinajstić information content (AvgIpc) is 3.83. The summed E-state index contributed by atoms with van der Waals surface area (Å²) in [6.45, 7) is 1.76. The molecule has 16 nitrogen and oxygen atoms in total. The molecule has 4 N–H and O–H groups in total. The maximum atomic E-state index is 14.0. The number of aryl methyl sites for hydroxylation is 1. The third-order valence-electron chi connectivity index (χ3n) is 10.7. The summed E-state index contributed by atoms with van der Waals surface area (Å²) in [5.41, 5.74) is 4.88. The fraction of sp³-hybridized carbons (Fsp3) is 0.0208. The number of fused-ring (bicyclic) bond motifs is 2. The number of hydrogen-bond acceptors (Lipinski definition) is 12. The second kappa shape index (κ2) is 17.3. The van der Waals surface area contributed by atoms with E-state index in [1.54, 1.807) is 79.7 Å². The minimum absolute atomic E-state index is 0.0152. The van der Waals surface area contributed by atoms with Gasteiger partial charge in [0.05, 0.1) is 34.1 Å². The summed E-state index contributed by atoms with van der Waals surface area (Å²) in [5.74, 6) is 0. The molecule has 0 fully saturated rings. The van der Waals surface area contributed by atoms with Gasteiger partial charge >= 0.3 is 0 Å². The molecule has 68 heavy (non-hydrogen) atoms. The van der Waals surface area contributed by atoms with Crippen molar-refractivity contribution in [3.05, 3.63) is 182 Å². The van der Waals surface area contributed by atoms with Crippen molar-refractivity contribution < 1.29 is 21.4 Å². The Balaban J connectivity index is 1.10. The Morgan fingerprint density at radius 3 is 1.94 bits per heavy atom. The van der Waals surface area contributed by atoms with E-state index in [0.29, 0.717) is 67.4 Å². The number of sulfonamides is 2. The first-order valence-electron chi connectivity index (χ1n) is 20.3. The van der Waals surface area contributed by atoms with Crippen LogP contribution in [-0.4, -0.2) is 51.9 Å². The molecule has 3 aromatic carbocycles. The van der Waals surface area contributed by atoms with Crippen molar-refractivity contribution in [2.24, 2.45) is 0 Å². The normalized spacial score (nSPS) is 11.8. The number of pyridine rings is 6. The smallest absolute Gasteiger partial charge is 0.277 e. The fourth-order valence-electron chi connectivity index (χ4n) is 7.69. The molecule has 336 valence electrons. The second-order valence-corrected chi connectivity index (χ2v) is 19.4. The summed E-state index contributed by atoms with van der Waals surface area (Å²) in [6.07, 6.45) is 3.32. The number of anilines is 2. The average molecular weight is 981 g/mol. The van der Waals surface area contributed by atoms with E-state index in [-0.39, 0.29) is 43.1 Å². The van der Waals surface area contributed by atoms with Crippen molar-refractivity contribution in [2.45, 2.75) is 16.8 Å². The highest BCUT2D eigenvalue weighted by atomic mass is 35.5. The number of aromatic nitrogens is 7. The lowest BCUT2D eigenvalue weighted by Crippen LogP contribution is -2.22. The Kier molecular flexibility index (Phi) is 11.2. The van der Waals surface area contributed by atoms with E-state index in [4.69, 9.17) is 37.7 Å². The Bertz CT molecular complexity index is 3970. The van der Waals surface area contributed by atoms with Gasteiger partial charge in [-0.05, 0) is 72.6 Å². The Hall–Kier alpha value is -8.03. The van der Waals surface area contributed by atoms with Crippen LogP contribution in [0.3, 0.4) is 0 Å². The summed E-state index contributed by atoms with van der Waals surface area (Å²) in [6, 6.07) is 35.8. The number of aromatic amines is 2. The first-order chi connectivity index (χ1) is 32.7. The van der Waals surface area contributed by atoms with E-state index in [9.17, 15) is 26.4 Å². The molecule has 0 amide bonds. The molecule has 0 spiro atoms. The van der Waals surface area contributed by atoms with Crippen LogP contribution in [0.1, 0.15) is 5.69 Å². The zero-order valence-corrected chi connectivity index (χ0v) is 38.2. The monoisotopic (exact) mass is 979 g/mol. The summed E-state index contributed by atoms with van der Waals surface area (Å²) in [5, 5.41) is 3.57. The van der Waals surface area contributed by atoms with Crippen LogP contribution < -0.4 is 20.3 Å². The van der Waals surface area contributed by atoms with Crippen LogP contribution in [0.4, 0.5) is 11.4 Å². The van der Waals surface area contributed by atoms with Gasteiger partial charge in [0.15, 0.2) is 15.4 Å². The van der Waals surface area contributed by atoms with Gasteiger partial charge in [0, 0.05) is 51.5 Å². The highest BCUT2D eigenvalue weighted by Gasteiger charge is 2.25. The maximum absolute atomic E-state index is 14.0. The molecule has 7 heterocycles. The van der Waals surface area contributed by atoms with E-state index < -0.39 is 35.8 Å². The van der Waals surface area contributed by atoms with Gasteiger partial charge in [0.2, 0.25) is 5.43 Å². The van der Waals surface area contributed by atoms with Gasteiger partial charge in [-0.15, -0.1) is 0 Å². The summed E-state index contributed by atoms with van der Waals surface area (Å²) >= 11 is 13.3. The quantitative estimate of drug-likeness (QED) is 0.0887. The van der Waals surface area contributed by atoms with Crippen LogP contribution in [0.5, 0.6) is 0 Å². The van der Waals surface area contributed by atoms with Crippen molar-refractivity contribution in [1.82, 2.24) is 35.1 Å². The molecule has 10 aromatic rings. The number of H-pyrrole nitrogens is 2. The predicted octanol–water partition coefficient (Wildman–Crippen LogP) is 9.49. The van der Waals surface area contributed by atoms with E-state index in [2.05, 4.69) is 34.5 Å². The van der Waals surface area contributed by atoms with Crippen LogP contribution in [-0.2, 0) is 20.0 Å². The van der Waals surface area contributed by atoms with Gasteiger partial charge < -0.3 is 14.5 Å². The molecule has 0 aliphatic heterocycles. The van der Waals surface area contributed by atoms with Crippen LogP contribution in [0.25, 0.3) is 78.1 Å². The molecular formula is C48H31Cl2N9O7S2. The SMILES string of the molecule is Cc1cc(-c2cc3c(=O)c(S(=O)(=O)Nc4cnoc4)c[nH]c3nc2-c2cccc(-c3cc(-c4cc5c(=O)cc(S(=O)(=O)Nc6ccccc6)[nH]c5nc4-c4ccccc4)cc(Cl)n3)c2)cc(Cl)n1. The molecule has 0 aliphatic carbocycles. The van der Waals surface area contributed by atoms with E-state index >= 15 is 0 Å². The molecule has 0 atom stereocenters. The summed E-state index contributed by atoms with van der Waals surface area (Å²) < 4.78 is 63.2. The predicted molar refractivity (Wildman–Crippen MR) is 260 cm³/mol. The molecule has 0 unspecified atom stereocenters. The van der Waals surface area contributed by atoms with E-state index in [0.717, 1.165) is 24.7 Å². The standard InChI is InChI=1S/C48H31Cl2N9O7S2/c1-26-15-30(18-41(49)53-26)35-21-37-46(61)40(67(62,63)59-33-23-52-66-25-33)24-51-47(37)56-45(35)29-12-8-11-28(16-29)38-17-31(19-42(50)54-38)34-20-36-39(60)22-43(68(64,65)58-32-13-6-3-7-14-32)55-48(36)57-44(34)27-9-4-2-5-10-27/h2-25,58-59H,1H3,(H,51,56,61)(H,55,57,60). The lowest BCUT2D eigenvalue weighted by molar-refractivity contribution is 0.420. The molecule has 10 rings (SSSR count). The van der Waals surface area contributed by atoms with Gasteiger partial charge in [-0.1, -0.05) is 95.1 Å². The maximum Gasteiger partial charge on any atom is 0.277 e. The number of benzene rings is 3. The number of nitrogens with one attached hydrogen (secondary N) is 4. The topological polar surface area (TPSA) is 236 Å². The largest absolute Gasteiger partial charge is 0.362 e. The van der Waals surface area contributed by atoms with E-state index in [1.165, 1.54) is 0 Å². The van der Waals surface area contributed by atoms with Gasteiger partial charge in [0.1, 0.15) is 33.6 Å². The van der Waals surface area contributed by atoms with Gasteiger partial charge in [-0.3, -0.25) is 19.0 Å². The molecule has 0 aliphatic rings. The number of rotatable bonds is 11. The van der Waals surface area contributed by atoms with Crippen LogP contribution in [0.15, 0.2) is 170 Å². The fourth-order valence-corrected chi connectivity index (χ4v) is 10.3. The first kappa shape index (κ1) is 43.8. The summed E-state index contributed by atoms with van der Waals surface area (Å²) in [4.78, 5) is 51.7. The molecule has 20 heteroatoms. The zero-order valence-electron chi connectivity index (χ0n) is 35.0. The Morgan fingerprint density at radius 2 is 1.22 bits per heavy atom. The molecule has 0 saturated heterocycles. The molecule has 0 radical (unpaired) electrons. The summed E-state index contributed by atoms with van der Waals surface area (Å²) in [7, 11) is -8.60. The number of nitrogens with zero attached hydrogens (tertiary/aromatic N) is 5. The molecule has 0 bridgehead atoms. The Morgan fingerprint density at radius 1 is 0.588 bits per heavy atom. The third kappa shape index (κ3) is 8.59. The van der Waals surface area contributed by atoms with Crippen LogP contribution >= 0.6 is 23.2 Å². The molecular weight excluding hydrogens is 950 g/mol. The highest BCUT2D eigenvalue weighted by molar-refractivity contribution is 7.93. The van der Waals surface area contributed by atoms with Crippen molar-refractivity contribution in [2.75, 3.05) is 9.44 Å². The molecule has 0 saturated carbocycles. The zero-order chi connectivity index (χ0) is 47.3. The lowest BCUT2D eigenvalue weighted by Gasteiger charge is -2.15. The Labute approximate surface area is 395 Å². The van der Waals surface area contributed by atoms with Crippen molar-refractivity contribution in [1.29, 1.82) is 0 Å². The number of halogens is 2. The third-order valence-corrected chi connectivity index (χ3v) is 13.8. The van der Waals surface area contributed by atoms with Crippen molar-refractivity contribution in [3.63, 3.8) is 0 Å². The lowest BCUT2D eigenvalue weighted by atomic mass is 9.95.